The first-order valence-electron chi connectivity index (χ1n) is 5.17. The van der Waals surface area contributed by atoms with Gasteiger partial charge in [-0.15, -0.1) is 0 Å². The zero-order chi connectivity index (χ0) is 9.10. The van der Waals surface area contributed by atoms with Crippen LogP contribution in [-0.4, -0.2) is 7.05 Å². The average molecular weight is 175 g/mol. The van der Waals surface area contributed by atoms with Crippen LogP contribution in [0.25, 0.3) is 0 Å². The molecule has 0 aromatic heterocycles. The second-order valence-electron chi connectivity index (χ2n) is 3.76. The highest BCUT2D eigenvalue weighted by molar-refractivity contribution is 5.39. The maximum atomic E-state index is 3.26. The SMILES string of the molecule is CNC1=CC2=C(C=CCCC2)CC1. The monoisotopic (exact) mass is 175 g/mol. The topological polar surface area (TPSA) is 12.0 Å². The van der Waals surface area contributed by atoms with Gasteiger partial charge in [0.15, 0.2) is 0 Å². The Morgan fingerprint density at radius 1 is 1.15 bits per heavy atom. The zero-order valence-electron chi connectivity index (χ0n) is 8.27. The van der Waals surface area contributed by atoms with Crippen molar-refractivity contribution in [1.29, 1.82) is 0 Å². The van der Waals surface area contributed by atoms with Gasteiger partial charge in [-0.1, -0.05) is 12.2 Å². The van der Waals surface area contributed by atoms with Crippen LogP contribution >= 0.6 is 0 Å². The summed E-state index contributed by atoms with van der Waals surface area (Å²) in [7, 11) is 2.02. The second-order valence-corrected chi connectivity index (χ2v) is 3.76. The van der Waals surface area contributed by atoms with Crippen LogP contribution in [0.1, 0.15) is 32.1 Å². The summed E-state index contributed by atoms with van der Waals surface area (Å²) in [5.74, 6) is 0. The molecular formula is C12H17N. The van der Waals surface area contributed by atoms with Gasteiger partial charge in [0.1, 0.15) is 0 Å². The first-order valence-corrected chi connectivity index (χ1v) is 5.17. The highest BCUT2D eigenvalue weighted by atomic mass is 14.8. The minimum Gasteiger partial charge on any atom is -0.391 e. The van der Waals surface area contributed by atoms with Crippen molar-refractivity contribution in [3.8, 4) is 0 Å². The molecule has 1 heteroatoms. The van der Waals surface area contributed by atoms with E-state index in [0.29, 0.717) is 0 Å². The summed E-state index contributed by atoms with van der Waals surface area (Å²) in [6.45, 7) is 0. The minimum atomic E-state index is 1.18. The van der Waals surface area contributed by atoms with E-state index < -0.39 is 0 Å². The summed E-state index contributed by atoms with van der Waals surface area (Å²) >= 11 is 0. The Morgan fingerprint density at radius 2 is 2.08 bits per heavy atom. The van der Waals surface area contributed by atoms with E-state index in [-0.39, 0.29) is 0 Å². The van der Waals surface area contributed by atoms with E-state index in [9.17, 15) is 0 Å². The van der Waals surface area contributed by atoms with Gasteiger partial charge >= 0.3 is 0 Å². The number of allylic oxidation sites excluding steroid dienone is 6. The third-order valence-electron chi connectivity index (χ3n) is 2.88. The Kier molecular flexibility index (Phi) is 2.53. The second kappa shape index (κ2) is 3.82. The zero-order valence-corrected chi connectivity index (χ0v) is 8.27. The quantitative estimate of drug-likeness (QED) is 0.646. The van der Waals surface area contributed by atoms with E-state index in [2.05, 4.69) is 23.5 Å². The first-order chi connectivity index (χ1) is 6.40. The molecule has 0 saturated carbocycles. The third kappa shape index (κ3) is 1.85. The fraction of sp³-hybridized carbons (Fsp3) is 0.500. The summed E-state index contributed by atoms with van der Waals surface area (Å²) in [6, 6.07) is 0. The molecule has 0 radical (unpaired) electrons. The van der Waals surface area contributed by atoms with Gasteiger partial charge in [0.25, 0.3) is 0 Å². The van der Waals surface area contributed by atoms with Crippen molar-refractivity contribution in [3.05, 3.63) is 35.1 Å². The van der Waals surface area contributed by atoms with E-state index in [1.165, 1.54) is 37.8 Å². The average Bonchev–Trinajstić information content (AvgIpc) is 2.41. The molecule has 0 heterocycles. The van der Waals surface area contributed by atoms with Crippen molar-refractivity contribution in [3.63, 3.8) is 0 Å². The molecule has 0 saturated heterocycles. The minimum absolute atomic E-state index is 1.18. The fourth-order valence-corrected chi connectivity index (χ4v) is 2.06. The lowest BCUT2D eigenvalue weighted by Crippen LogP contribution is -2.10. The first kappa shape index (κ1) is 8.61. The van der Waals surface area contributed by atoms with Gasteiger partial charge < -0.3 is 5.32 Å². The maximum Gasteiger partial charge on any atom is 0.0110 e. The van der Waals surface area contributed by atoms with Crippen molar-refractivity contribution in [2.24, 2.45) is 0 Å². The van der Waals surface area contributed by atoms with E-state index in [0.717, 1.165) is 0 Å². The van der Waals surface area contributed by atoms with Crippen LogP contribution in [0.15, 0.2) is 35.1 Å². The Morgan fingerprint density at radius 3 is 2.92 bits per heavy atom. The molecule has 2 rings (SSSR count). The van der Waals surface area contributed by atoms with Gasteiger partial charge in [-0.2, -0.15) is 0 Å². The van der Waals surface area contributed by atoms with Crippen LogP contribution in [0.4, 0.5) is 0 Å². The van der Waals surface area contributed by atoms with Crippen LogP contribution in [0, 0.1) is 0 Å². The van der Waals surface area contributed by atoms with Gasteiger partial charge in [-0.3, -0.25) is 0 Å². The van der Waals surface area contributed by atoms with Crippen molar-refractivity contribution >= 4 is 0 Å². The number of rotatable bonds is 1. The summed E-state index contributed by atoms with van der Waals surface area (Å²) in [5.41, 5.74) is 4.52. The lowest BCUT2D eigenvalue weighted by molar-refractivity contribution is 0.786. The fourth-order valence-electron chi connectivity index (χ4n) is 2.06. The Hall–Kier alpha value is -0.980. The molecule has 0 atom stereocenters. The Labute approximate surface area is 80.2 Å². The Balaban J connectivity index is 2.25. The molecule has 1 nitrogen and oxygen atoms in total. The van der Waals surface area contributed by atoms with Crippen LogP contribution in [0.5, 0.6) is 0 Å². The largest absolute Gasteiger partial charge is 0.391 e. The summed E-state index contributed by atoms with van der Waals surface area (Å²) in [5, 5.41) is 3.26. The molecule has 0 amide bonds. The molecular weight excluding hydrogens is 158 g/mol. The Bertz CT molecular complexity index is 281. The van der Waals surface area contributed by atoms with Crippen LogP contribution < -0.4 is 5.32 Å². The number of hydrogen-bond donors (Lipinski definition) is 1. The normalized spacial score (nSPS) is 22.1. The highest BCUT2D eigenvalue weighted by Crippen LogP contribution is 2.29. The van der Waals surface area contributed by atoms with Crippen molar-refractivity contribution in [2.45, 2.75) is 32.1 Å². The van der Waals surface area contributed by atoms with Crippen LogP contribution in [-0.2, 0) is 0 Å². The van der Waals surface area contributed by atoms with E-state index in [4.69, 9.17) is 0 Å². The molecule has 1 N–H and O–H groups in total. The van der Waals surface area contributed by atoms with E-state index >= 15 is 0 Å². The summed E-state index contributed by atoms with van der Waals surface area (Å²) < 4.78 is 0. The van der Waals surface area contributed by atoms with Crippen LogP contribution in [0.2, 0.25) is 0 Å². The predicted molar refractivity (Wildman–Crippen MR) is 56.4 cm³/mol. The maximum absolute atomic E-state index is 3.26. The van der Waals surface area contributed by atoms with Crippen molar-refractivity contribution < 1.29 is 0 Å². The molecule has 2 aliphatic rings. The van der Waals surface area contributed by atoms with Gasteiger partial charge in [0.2, 0.25) is 0 Å². The molecule has 0 spiro atoms. The molecule has 70 valence electrons. The highest BCUT2D eigenvalue weighted by Gasteiger charge is 2.11. The lowest BCUT2D eigenvalue weighted by Gasteiger charge is -2.17. The van der Waals surface area contributed by atoms with Gasteiger partial charge in [-0.05, 0) is 49.3 Å². The molecule has 13 heavy (non-hydrogen) atoms. The van der Waals surface area contributed by atoms with Crippen LogP contribution in [0.3, 0.4) is 0 Å². The molecule has 0 aliphatic heterocycles. The van der Waals surface area contributed by atoms with Gasteiger partial charge in [0.05, 0.1) is 0 Å². The van der Waals surface area contributed by atoms with Gasteiger partial charge in [0, 0.05) is 12.7 Å². The number of nitrogens with one attached hydrogen (secondary N) is 1. The molecule has 0 fully saturated rings. The summed E-state index contributed by atoms with van der Waals surface area (Å²) in [6.07, 6.45) is 13.2. The lowest BCUT2D eigenvalue weighted by atomic mass is 9.94. The van der Waals surface area contributed by atoms with E-state index in [1.807, 2.05) is 7.05 Å². The molecule has 0 aromatic rings. The molecule has 0 bridgehead atoms. The molecule has 0 unspecified atom stereocenters. The van der Waals surface area contributed by atoms with Gasteiger partial charge in [-0.25, -0.2) is 0 Å². The van der Waals surface area contributed by atoms with Crippen molar-refractivity contribution in [2.75, 3.05) is 7.05 Å². The molecule has 2 aliphatic carbocycles. The summed E-state index contributed by atoms with van der Waals surface area (Å²) in [4.78, 5) is 0. The molecule has 0 aromatic carbocycles. The predicted octanol–water partition coefficient (Wildman–Crippen LogP) is 2.92. The van der Waals surface area contributed by atoms with Crippen molar-refractivity contribution in [1.82, 2.24) is 5.32 Å². The standard InChI is InChI=1S/C12H17N/c1-13-12-8-7-10-5-3-2-4-6-11(10)9-12/h3,5,9,13H,2,4,6-8H2,1H3. The smallest absolute Gasteiger partial charge is 0.0110 e. The van der Waals surface area contributed by atoms with E-state index in [1.54, 1.807) is 11.1 Å². The number of hydrogen-bond acceptors (Lipinski definition) is 1. The third-order valence-corrected chi connectivity index (χ3v) is 2.88.